The highest BCUT2D eigenvalue weighted by Gasteiger charge is 2.13. The number of aromatic nitrogens is 1. The van der Waals surface area contributed by atoms with Crippen LogP contribution < -0.4 is 11.1 Å². The van der Waals surface area contributed by atoms with Crippen molar-refractivity contribution in [3.8, 4) is 0 Å². The van der Waals surface area contributed by atoms with Gasteiger partial charge in [0.25, 0.3) is 5.91 Å². The number of rotatable bonds is 3. The molecule has 3 N–H and O–H groups in total. The fourth-order valence-electron chi connectivity index (χ4n) is 1.75. The van der Waals surface area contributed by atoms with E-state index >= 15 is 0 Å². The lowest BCUT2D eigenvalue weighted by molar-refractivity contribution is 0.0876. The Labute approximate surface area is 94.0 Å². The predicted molar refractivity (Wildman–Crippen MR) is 60.2 cm³/mol. The van der Waals surface area contributed by atoms with Crippen LogP contribution in [0.5, 0.6) is 0 Å². The van der Waals surface area contributed by atoms with Gasteiger partial charge in [0.1, 0.15) is 5.69 Å². The zero-order chi connectivity index (χ0) is 11.4. The molecule has 5 nitrogen and oxygen atoms in total. The molecule has 0 spiro atoms. The van der Waals surface area contributed by atoms with Crippen molar-refractivity contribution in [3.05, 3.63) is 24.0 Å². The van der Waals surface area contributed by atoms with Gasteiger partial charge < -0.3 is 15.8 Å². The van der Waals surface area contributed by atoms with Crippen LogP contribution in [0.2, 0.25) is 0 Å². The van der Waals surface area contributed by atoms with Crippen LogP contribution in [0.1, 0.15) is 23.3 Å². The fourth-order valence-corrected chi connectivity index (χ4v) is 1.75. The molecule has 0 aliphatic carbocycles. The molecular formula is C11H15N3O2. The number of primary amides is 1. The van der Waals surface area contributed by atoms with Gasteiger partial charge in [-0.1, -0.05) is 0 Å². The summed E-state index contributed by atoms with van der Waals surface area (Å²) in [4.78, 5) is 14.8. The van der Waals surface area contributed by atoms with Crippen LogP contribution >= 0.6 is 0 Å². The molecule has 2 heterocycles. The molecule has 1 aromatic rings. The number of anilines is 1. The summed E-state index contributed by atoms with van der Waals surface area (Å²) in [6.07, 6.45) is 3.71. The summed E-state index contributed by atoms with van der Waals surface area (Å²) in [7, 11) is 0. The number of nitrogens with zero attached hydrogens (tertiary/aromatic N) is 1. The third-order valence-electron chi connectivity index (χ3n) is 2.54. The summed E-state index contributed by atoms with van der Waals surface area (Å²) in [5.74, 6) is -0.511. The summed E-state index contributed by atoms with van der Waals surface area (Å²) >= 11 is 0. The Morgan fingerprint density at radius 3 is 3.19 bits per heavy atom. The van der Waals surface area contributed by atoms with E-state index in [4.69, 9.17) is 10.5 Å². The Kier molecular flexibility index (Phi) is 3.36. The van der Waals surface area contributed by atoms with Gasteiger partial charge in [-0.2, -0.15) is 0 Å². The number of nitrogens with one attached hydrogen (secondary N) is 1. The molecule has 5 heteroatoms. The number of pyridine rings is 1. The van der Waals surface area contributed by atoms with Crippen molar-refractivity contribution in [2.75, 3.05) is 18.5 Å². The van der Waals surface area contributed by atoms with E-state index in [2.05, 4.69) is 10.3 Å². The second-order valence-electron chi connectivity index (χ2n) is 3.85. The van der Waals surface area contributed by atoms with Crippen molar-refractivity contribution in [1.82, 2.24) is 4.98 Å². The summed E-state index contributed by atoms with van der Waals surface area (Å²) in [5.41, 5.74) is 6.30. The fraction of sp³-hybridized carbons (Fsp3) is 0.455. The van der Waals surface area contributed by atoms with Crippen LogP contribution in [-0.2, 0) is 4.74 Å². The zero-order valence-electron chi connectivity index (χ0n) is 8.98. The highest BCUT2D eigenvalue weighted by molar-refractivity contribution is 5.91. The molecule has 1 fully saturated rings. The lowest BCUT2D eigenvalue weighted by atomic mass is 10.1. The van der Waals surface area contributed by atoms with Crippen LogP contribution in [0.3, 0.4) is 0 Å². The van der Waals surface area contributed by atoms with Gasteiger partial charge in [0.05, 0.1) is 6.61 Å². The largest absolute Gasteiger partial charge is 0.380 e. The highest BCUT2D eigenvalue weighted by atomic mass is 16.5. The Morgan fingerprint density at radius 2 is 2.50 bits per heavy atom. The molecule has 1 aromatic heterocycles. The van der Waals surface area contributed by atoms with Crippen LogP contribution in [-0.4, -0.2) is 30.1 Å². The van der Waals surface area contributed by atoms with Crippen molar-refractivity contribution in [2.24, 2.45) is 5.73 Å². The lowest BCUT2D eigenvalue weighted by Crippen LogP contribution is -2.30. The second kappa shape index (κ2) is 4.94. The number of ether oxygens (including phenoxy) is 1. The molecular weight excluding hydrogens is 206 g/mol. The van der Waals surface area contributed by atoms with Gasteiger partial charge >= 0.3 is 0 Å². The summed E-state index contributed by atoms with van der Waals surface area (Å²) in [5, 5.41) is 3.30. The molecule has 1 saturated heterocycles. The van der Waals surface area contributed by atoms with E-state index in [1.54, 1.807) is 12.3 Å². The van der Waals surface area contributed by atoms with Gasteiger partial charge in [0.15, 0.2) is 0 Å². The van der Waals surface area contributed by atoms with Gasteiger partial charge in [-0.25, -0.2) is 0 Å². The third-order valence-corrected chi connectivity index (χ3v) is 2.54. The van der Waals surface area contributed by atoms with E-state index in [1.807, 2.05) is 6.07 Å². The topological polar surface area (TPSA) is 77.2 Å². The first-order valence-electron chi connectivity index (χ1n) is 5.36. The van der Waals surface area contributed by atoms with E-state index in [0.717, 1.165) is 25.1 Å². The van der Waals surface area contributed by atoms with Crippen LogP contribution in [0, 0.1) is 0 Å². The third kappa shape index (κ3) is 2.70. The van der Waals surface area contributed by atoms with Crippen LogP contribution in [0.15, 0.2) is 18.3 Å². The molecule has 1 atom stereocenters. The Bertz CT molecular complexity index is 375. The number of hydrogen-bond donors (Lipinski definition) is 2. The highest BCUT2D eigenvalue weighted by Crippen LogP contribution is 2.14. The van der Waals surface area contributed by atoms with Gasteiger partial charge in [-0.05, 0) is 25.0 Å². The minimum Gasteiger partial charge on any atom is -0.380 e. The van der Waals surface area contributed by atoms with E-state index in [0.29, 0.717) is 12.6 Å². The average molecular weight is 221 g/mol. The first-order valence-corrected chi connectivity index (χ1v) is 5.36. The maximum absolute atomic E-state index is 11.0. The summed E-state index contributed by atoms with van der Waals surface area (Å²) in [6.45, 7) is 1.54. The maximum atomic E-state index is 11.0. The molecule has 0 saturated carbocycles. The monoisotopic (exact) mass is 221 g/mol. The van der Waals surface area contributed by atoms with E-state index in [1.165, 1.54) is 0 Å². The standard InChI is InChI=1S/C11H15N3O2/c12-11(15)10-6-8(3-4-13-10)14-9-2-1-5-16-7-9/h3-4,6,9H,1-2,5,7H2,(H2,12,15)(H,13,14). The van der Waals surface area contributed by atoms with Gasteiger partial charge in [0, 0.05) is 24.5 Å². The van der Waals surface area contributed by atoms with Gasteiger partial charge in [0.2, 0.25) is 0 Å². The number of nitrogens with two attached hydrogens (primary N) is 1. The molecule has 1 aliphatic rings. The molecule has 1 unspecified atom stereocenters. The summed E-state index contributed by atoms with van der Waals surface area (Å²) in [6, 6.07) is 3.79. The molecule has 16 heavy (non-hydrogen) atoms. The Morgan fingerprint density at radius 1 is 1.62 bits per heavy atom. The molecule has 1 amide bonds. The van der Waals surface area contributed by atoms with Crippen molar-refractivity contribution < 1.29 is 9.53 Å². The smallest absolute Gasteiger partial charge is 0.267 e. The molecule has 0 radical (unpaired) electrons. The first-order chi connectivity index (χ1) is 7.75. The van der Waals surface area contributed by atoms with Gasteiger partial charge in [-0.15, -0.1) is 0 Å². The minimum atomic E-state index is -0.511. The van der Waals surface area contributed by atoms with Crippen molar-refractivity contribution in [3.63, 3.8) is 0 Å². The van der Waals surface area contributed by atoms with Crippen LogP contribution in [0.25, 0.3) is 0 Å². The van der Waals surface area contributed by atoms with Crippen molar-refractivity contribution in [1.29, 1.82) is 0 Å². The number of carbonyl (C=O) groups excluding carboxylic acids is 1. The molecule has 0 bridgehead atoms. The van der Waals surface area contributed by atoms with Crippen LogP contribution in [0.4, 0.5) is 5.69 Å². The SMILES string of the molecule is NC(=O)c1cc(NC2CCCOC2)ccn1. The predicted octanol–water partition coefficient (Wildman–Crippen LogP) is 0.771. The average Bonchev–Trinajstić information content (AvgIpc) is 2.30. The molecule has 0 aromatic carbocycles. The van der Waals surface area contributed by atoms with Crippen molar-refractivity contribution >= 4 is 11.6 Å². The van der Waals surface area contributed by atoms with E-state index in [9.17, 15) is 4.79 Å². The first kappa shape index (κ1) is 10.9. The Hall–Kier alpha value is -1.62. The summed E-state index contributed by atoms with van der Waals surface area (Å²) < 4.78 is 5.36. The van der Waals surface area contributed by atoms with E-state index < -0.39 is 5.91 Å². The Balaban J connectivity index is 2.02. The number of amides is 1. The lowest BCUT2D eigenvalue weighted by Gasteiger charge is -2.24. The normalized spacial score (nSPS) is 20.4. The van der Waals surface area contributed by atoms with Gasteiger partial charge in [-0.3, -0.25) is 9.78 Å². The van der Waals surface area contributed by atoms with E-state index in [-0.39, 0.29) is 5.69 Å². The zero-order valence-corrected chi connectivity index (χ0v) is 8.98. The number of hydrogen-bond acceptors (Lipinski definition) is 4. The molecule has 2 rings (SSSR count). The quantitative estimate of drug-likeness (QED) is 0.790. The molecule has 1 aliphatic heterocycles. The minimum absolute atomic E-state index is 0.279. The number of carbonyl (C=O) groups is 1. The molecule has 86 valence electrons. The maximum Gasteiger partial charge on any atom is 0.267 e. The second-order valence-corrected chi connectivity index (χ2v) is 3.85. The van der Waals surface area contributed by atoms with Crippen molar-refractivity contribution in [2.45, 2.75) is 18.9 Å².